The number of aliphatic hydroxyl groups is 1. The summed E-state index contributed by atoms with van der Waals surface area (Å²) in [6.45, 7) is 7.28. The van der Waals surface area contributed by atoms with E-state index in [2.05, 4.69) is 70.9 Å². The van der Waals surface area contributed by atoms with Gasteiger partial charge in [-0.2, -0.15) is 0 Å². The van der Waals surface area contributed by atoms with Crippen molar-refractivity contribution in [2.24, 2.45) is 0 Å². The van der Waals surface area contributed by atoms with Crippen molar-refractivity contribution in [2.75, 3.05) is 13.2 Å². The Morgan fingerprint density at radius 1 is 1.10 bits per heavy atom. The number of benzene rings is 1. The van der Waals surface area contributed by atoms with Gasteiger partial charge in [0, 0.05) is 36.4 Å². The molecule has 3 aromatic rings. The Balaban J connectivity index is 1.82. The zero-order valence-electron chi connectivity index (χ0n) is 17.7. The Morgan fingerprint density at radius 3 is 2.63 bits per heavy atom. The van der Waals surface area contributed by atoms with E-state index < -0.39 is 0 Å². The molecule has 156 valence electrons. The molecule has 2 atom stereocenters. The number of nitrogens with zero attached hydrogens (tertiary/aromatic N) is 3. The highest BCUT2D eigenvalue weighted by Gasteiger charge is 2.41. The van der Waals surface area contributed by atoms with Crippen LogP contribution >= 0.6 is 12.2 Å². The van der Waals surface area contributed by atoms with Gasteiger partial charge in [0.15, 0.2) is 5.11 Å². The molecule has 3 heterocycles. The second-order valence-corrected chi connectivity index (χ2v) is 8.28. The van der Waals surface area contributed by atoms with Gasteiger partial charge in [-0.1, -0.05) is 18.2 Å². The van der Waals surface area contributed by atoms with Crippen molar-refractivity contribution in [1.29, 1.82) is 0 Å². The fourth-order valence-electron chi connectivity index (χ4n) is 4.48. The molecule has 4 rings (SSSR count). The van der Waals surface area contributed by atoms with Gasteiger partial charge in [-0.05, 0) is 80.9 Å². The van der Waals surface area contributed by atoms with Crippen LogP contribution in [-0.4, -0.2) is 37.8 Å². The molecule has 1 aliphatic rings. The summed E-state index contributed by atoms with van der Waals surface area (Å²) in [7, 11) is 0. The van der Waals surface area contributed by atoms with E-state index in [0.717, 1.165) is 5.69 Å². The fourth-order valence-corrected chi connectivity index (χ4v) is 4.81. The second kappa shape index (κ2) is 8.58. The van der Waals surface area contributed by atoms with Crippen molar-refractivity contribution in [3.8, 4) is 5.69 Å². The normalized spacial score (nSPS) is 18.7. The molecule has 5 nitrogen and oxygen atoms in total. The van der Waals surface area contributed by atoms with Gasteiger partial charge in [0.1, 0.15) is 0 Å². The maximum Gasteiger partial charge on any atom is 0.170 e. The first-order valence-corrected chi connectivity index (χ1v) is 10.8. The van der Waals surface area contributed by atoms with Gasteiger partial charge in [0.25, 0.3) is 0 Å². The van der Waals surface area contributed by atoms with Gasteiger partial charge in [-0.25, -0.2) is 0 Å². The molecule has 0 amide bonds. The molecule has 0 aliphatic carbocycles. The summed E-state index contributed by atoms with van der Waals surface area (Å²) in [6.07, 6.45) is 2.49. The van der Waals surface area contributed by atoms with E-state index in [1.165, 1.54) is 28.2 Å². The maximum absolute atomic E-state index is 9.42. The minimum Gasteiger partial charge on any atom is -0.396 e. The van der Waals surface area contributed by atoms with Crippen molar-refractivity contribution >= 4 is 17.3 Å². The molecule has 0 saturated carbocycles. The molecule has 1 saturated heterocycles. The summed E-state index contributed by atoms with van der Waals surface area (Å²) in [6, 6.07) is 16.8. The third-order valence-electron chi connectivity index (χ3n) is 5.80. The molecule has 0 unspecified atom stereocenters. The van der Waals surface area contributed by atoms with E-state index in [0.29, 0.717) is 18.1 Å². The molecule has 6 heteroatoms. The van der Waals surface area contributed by atoms with Gasteiger partial charge in [0.2, 0.25) is 0 Å². The van der Waals surface area contributed by atoms with E-state index in [1.807, 2.05) is 24.4 Å². The smallest absolute Gasteiger partial charge is 0.170 e. The molecule has 2 N–H and O–H groups in total. The Labute approximate surface area is 183 Å². The summed E-state index contributed by atoms with van der Waals surface area (Å²) in [4.78, 5) is 6.81. The van der Waals surface area contributed by atoms with Crippen LogP contribution in [-0.2, 0) is 0 Å². The fraction of sp³-hybridized carbons (Fsp3) is 0.333. The van der Waals surface area contributed by atoms with Crippen LogP contribution in [0.15, 0.2) is 54.7 Å². The number of aliphatic hydroxyl groups excluding tert-OH is 1. The lowest BCUT2D eigenvalue weighted by Crippen LogP contribution is -2.31. The Kier molecular flexibility index (Phi) is 5.88. The number of hydrogen-bond donors (Lipinski definition) is 2. The minimum absolute atomic E-state index is 0.0173. The average molecular weight is 421 g/mol. The van der Waals surface area contributed by atoms with E-state index in [1.54, 1.807) is 0 Å². The van der Waals surface area contributed by atoms with Crippen molar-refractivity contribution in [3.05, 3.63) is 82.9 Å². The Morgan fingerprint density at radius 2 is 1.93 bits per heavy atom. The lowest BCUT2D eigenvalue weighted by atomic mass is 9.96. The number of aromatic nitrogens is 2. The van der Waals surface area contributed by atoms with Gasteiger partial charge < -0.3 is 19.9 Å². The summed E-state index contributed by atoms with van der Waals surface area (Å²) in [5.74, 6) is 0. The number of rotatable bonds is 6. The van der Waals surface area contributed by atoms with E-state index in [9.17, 15) is 5.11 Å². The molecule has 30 heavy (non-hydrogen) atoms. The first-order chi connectivity index (χ1) is 14.5. The minimum atomic E-state index is -0.0381. The maximum atomic E-state index is 9.42. The van der Waals surface area contributed by atoms with Gasteiger partial charge >= 0.3 is 0 Å². The van der Waals surface area contributed by atoms with Crippen molar-refractivity contribution in [2.45, 2.75) is 39.3 Å². The Bertz CT molecular complexity index is 1050. The number of aryl methyl sites for hydroxylation is 2. The highest BCUT2D eigenvalue weighted by Crippen LogP contribution is 2.41. The highest BCUT2D eigenvalue weighted by atomic mass is 32.1. The molecule has 1 fully saturated rings. The third-order valence-corrected chi connectivity index (χ3v) is 6.16. The van der Waals surface area contributed by atoms with Crippen LogP contribution in [0, 0.1) is 20.8 Å². The largest absolute Gasteiger partial charge is 0.396 e. The zero-order valence-corrected chi connectivity index (χ0v) is 18.5. The average Bonchev–Trinajstić information content (AvgIpc) is 3.22. The van der Waals surface area contributed by atoms with E-state index in [4.69, 9.17) is 12.2 Å². The van der Waals surface area contributed by atoms with E-state index >= 15 is 0 Å². The Hall–Kier alpha value is -2.70. The van der Waals surface area contributed by atoms with Crippen LogP contribution in [0.5, 0.6) is 0 Å². The number of pyridine rings is 1. The monoisotopic (exact) mass is 420 g/mol. The molecular weight excluding hydrogens is 392 g/mol. The van der Waals surface area contributed by atoms with Crippen LogP contribution in [0.25, 0.3) is 5.69 Å². The topological polar surface area (TPSA) is 53.3 Å². The van der Waals surface area contributed by atoms with Crippen LogP contribution in [0.1, 0.15) is 46.7 Å². The van der Waals surface area contributed by atoms with Gasteiger partial charge in [-0.15, -0.1) is 0 Å². The van der Waals surface area contributed by atoms with Crippen LogP contribution in [0.3, 0.4) is 0 Å². The van der Waals surface area contributed by atoms with Gasteiger partial charge in [0.05, 0.1) is 17.8 Å². The number of nitrogens with one attached hydrogen (secondary N) is 1. The van der Waals surface area contributed by atoms with E-state index in [-0.39, 0.29) is 18.7 Å². The molecule has 0 radical (unpaired) electrons. The molecule has 2 aromatic heterocycles. The second-order valence-electron chi connectivity index (χ2n) is 7.90. The quantitative estimate of drug-likeness (QED) is 0.587. The first-order valence-electron chi connectivity index (χ1n) is 10.4. The highest BCUT2D eigenvalue weighted by molar-refractivity contribution is 7.80. The van der Waals surface area contributed by atoms with Crippen LogP contribution in [0.2, 0.25) is 0 Å². The summed E-state index contributed by atoms with van der Waals surface area (Å²) < 4.78 is 2.31. The van der Waals surface area contributed by atoms with Crippen LogP contribution in [0.4, 0.5) is 0 Å². The summed E-state index contributed by atoms with van der Waals surface area (Å²) >= 11 is 5.70. The SMILES string of the molecule is Cc1cccc(-n2c(C)cc([C@H]3[C@@H](c4ccccn4)NC(=S)N3CCCO)c2C)c1. The standard InChI is InChI=1S/C24H28N4OS/c1-16-8-6-9-19(14-16)28-17(2)15-20(18(28)3)23-22(21-10-4-5-11-25-21)26-24(30)27(23)12-7-13-29/h4-6,8-11,14-15,22-23,29H,7,12-13H2,1-3H3,(H,26,30)/t22-,23+/m1/s1. The number of thiocarbonyl (C=S) groups is 1. The third kappa shape index (κ3) is 3.73. The molecular formula is C24H28N4OS. The van der Waals surface area contributed by atoms with Gasteiger partial charge in [-0.3, -0.25) is 4.98 Å². The summed E-state index contributed by atoms with van der Waals surface area (Å²) in [5, 5.41) is 13.6. The molecule has 0 bridgehead atoms. The molecule has 1 aliphatic heterocycles. The van der Waals surface area contributed by atoms with Crippen molar-refractivity contribution in [1.82, 2.24) is 19.8 Å². The first kappa shape index (κ1) is 20.6. The lowest BCUT2D eigenvalue weighted by Gasteiger charge is -2.28. The summed E-state index contributed by atoms with van der Waals surface area (Å²) in [5.41, 5.74) is 6.99. The molecule has 0 spiro atoms. The predicted molar refractivity (Wildman–Crippen MR) is 124 cm³/mol. The van der Waals surface area contributed by atoms with Crippen LogP contribution < -0.4 is 5.32 Å². The van der Waals surface area contributed by atoms with Crippen molar-refractivity contribution in [3.63, 3.8) is 0 Å². The molecule has 1 aromatic carbocycles. The number of hydrogen-bond acceptors (Lipinski definition) is 3. The predicted octanol–water partition coefficient (Wildman–Crippen LogP) is 4.15. The van der Waals surface area contributed by atoms with Crippen molar-refractivity contribution < 1.29 is 5.11 Å². The lowest BCUT2D eigenvalue weighted by molar-refractivity contribution is 0.247. The zero-order chi connectivity index (χ0) is 21.3.